The molecular weight excluding hydrogens is 304 g/mol. The van der Waals surface area contributed by atoms with Crippen molar-refractivity contribution < 1.29 is 14.3 Å². The van der Waals surface area contributed by atoms with Crippen LogP contribution < -0.4 is 20.5 Å². The summed E-state index contributed by atoms with van der Waals surface area (Å²) in [6.07, 6.45) is 0. The number of ether oxygens (including phenoxy) is 2. The van der Waals surface area contributed by atoms with E-state index in [9.17, 15) is 4.79 Å². The van der Waals surface area contributed by atoms with E-state index in [-0.39, 0.29) is 5.91 Å². The predicted molar refractivity (Wildman–Crippen MR) is 88.1 cm³/mol. The van der Waals surface area contributed by atoms with E-state index in [1.54, 1.807) is 30.3 Å². The number of methoxy groups -OCH3 is 2. The number of amides is 1. The Balaban J connectivity index is 2.31. The van der Waals surface area contributed by atoms with Gasteiger partial charge in [-0.1, -0.05) is 11.6 Å². The molecule has 0 unspecified atom stereocenters. The van der Waals surface area contributed by atoms with E-state index >= 15 is 0 Å². The molecule has 1 amide bonds. The maximum atomic E-state index is 12.4. The molecule has 2 aromatic carbocycles. The molecule has 2 rings (SSSR count). The number of anilines is 2. The molecule has 0 fully saturated rings. The summed E-state index contributed by atoms with van der Waals surface area (Å²) < 4.78 is 10.3. The van der Waals surface area contributed by atoms with Crippen LogP contribution in [0.2, 0.25) is 5.02 Å². The van der Waals surface area contributed by atoms with Crippen molar-refractivity contribution in [3.05, 3.63) is 46.5 Å². The first-order valence-corrected chi connectivity index (χ1v) is 6.93. The summed E-state index contributed by atoms with van der Waals surface area (Å²) in [6.45, 7) is 1.85. The average molecular weight is 321 g/mol. The summed E-state index contributed by atoms with van der Waals surface area (Å²) in [4.78, 5) is 12.4. The number of benzene rings is 2. The third-order valence-corrected chi connectivity index (χ3v) is 3.64. The largest absolute Gasteiger partial charge is 0.497 e. The maximum Gasteiger partial charge on any atom is 0.257 e. The number of rotatable bonds is 4. The number of nitrogens with one attached hydrogen (secondary N) is 1. The number of aryl methyl sites for hydroxylation is 1. The smallest absolute Gasteiger partial charge is 0.257 e. The standard InChI is InChI=1S/C16H17ClN2O3/c1-9-6-14(15(22-3)8-12(9)17)19-16(20)11-5-4-10(21-2)7-13(11)18/h4-8H,18H2,1-3H3,(H,19,20). The number of carbonyl (C=O) groups excluding carboxylic acids is 1. The Kier molecular flexibility index (Phi) is 4.78. The highest BCUT2D eigenvalue weighted by molar-refractivity contribution is 6.31. The van der Waals surface area contributed by atoms with Gasteiger partial charge >= 0.3 is 0 Å². The fourth-order valence-electron chi connectivity index (χ4n) is 1.99. The Morgan fingerprint density at radius 1 is 1.18 bits per heavy atom. The zero-order valence-corrected chi connectivity index (χ0v) is 13.3. The van der Waals surface area contributed by atoms with Crippen molar-refractivity contribution in [2.45, 2.75) is 6.92 Å². The van der Waals surface area contributed by atoms with Crippen molar-refractivity contribution in [1.82, 2.24) is 0 Å². The van der Waals surface area contributed by atoms with Crippen LogP contribution in [0.5, 0.6) is 11.5 Å². The number of hydrogen-bond acceptors (Lipinski definition) is 4. The lowest BCUT2D eigenvalue weighted by molar-refractivity contribution is 0.102. The molecule has 0 bridgehead atoms. The van der Waals surface area contributed by atoms with Gasteiger partial charge in [-0.05, 0) is 30.7 Å². The molecule has 0 radical (unpaired) electrons. The number of nitrogens with two attached hydrogens (primary N) is 1. The normalized spacial score (nSPS) is 10.2. The molecule has 0 atom stereocenters. The zero-order valence-electron chi connectivity index (χ0n) is 12.6. The summed E-state index contributed by atoms with van der Waals surface area (Å²) in [5.41, 5.74) is 7.94. The van der Waals surface area contributed by atoms with E-state index in [0.29, 0.717) is 33.5 Å². The average Bonchev–Trinajstić information content (AvgIpc) is 2.50. The van der Waals surface area contributed by atoms with E-state index in [1.807, 2.05) is 6.92 Å². The van der Waals surface area contributed by atoms with Gasteiger partial charge in [-0.25, -0.2) is 0 Å². The molecule has 5 nitrogen and oxygen atoms in total. The van der Waals surface area contributed by atoms with Crippen LogP contribution in [0.3, 0.4) is 0 Å². The Morgan fingerprint density at radius 3 is 2.50 bits per heavy atom. The first-order chi connectivity index (χ1) is 10.5. The highest BCUT2D eigenvalue weighted by Crippen LogP contribution is 2.31. The second kappa shape index (κ2) is 6.58. The fourth-order valence-corrected chi connectivity index (χ4v) is 2.15. The van der Waals surface area contributed by atoms with Gasteiger partial charge in [0, 0.05) is 22.8 Å². The Bertz CT molecular complexity index is 717. The van der Waals surface area contributed by atoms with Crippen molar-refractivity contribution >= 4 is 28.9 Å². The number of hydrogen-bond donors (Lipinski definition) is 2. The monoisotopic (exact) mass is 320 g/mol. The van der Waals surface area contributed by atoms with Crippen LogP contribution in [0.4, 0.5) is 11.4 Å². The maximum absolute atomic E-state index is 12.4. The van der Waals surface area contributed by atoms with Crippen LogP contribution in [0.1, 0.15) is 15.9 Å². The van der Waals surface area contributed by atoms with Gasteiger partial charge in [0.15, 0.2) is 0 Å². The van der Waals surface area contributed by atoms with Gasteiger partial charge in [-0.3, -0.25) is 4.79 Å². The lowest BCUT2D eigenvalue weighted by Gasteiger charge is -2.13. The molecule has 0 aliphatic rings. The number of halogens is 1. The Hall–Kier alpha value is -2.40. The van der Waals surface area contributed by atoms with Crippen LogP contribution in [-0.2, 0) is 0 Å². The lowest BCUT2D eigenvalue weighted by atomic mass is 10.1. The quantitative estimate of drug-likeness (QED) is 0.846. The second-order valence-electron chi connectivity index (χ2n) is 4.71. The van der Waals surface area contributed by atoms with Gasteiger partial charge in [0.2, 0.25) is 0 Å². The topological polar surface area (TPSA) is 73.6 Å². The molecule has 3 N–H and O–H groups in total. The first-order valence-electron chi connectivity index (χ1n) is 6.55. The zero-order chi connectivity index (χ0) is 16.3. The summed E-state index contributed by atoms with van der Waals surface area (Å²) in [5, 5.41) is 3.35. The molecule has 6 heteroatoms. The Labute approximate surface area is 134 Å². The predicted octanol–water partition coefficient (Wildman–Crippen LogP) is 3.50. The highest BCUT2D eigenvalue weighted by Gasteiger charge is 2.14. The molecule has 2 aromatic rings. The molecule has 0 aliphatic heterocycles. The van der Waals surface area contributed by atoms with E-state index in [2.05, 4.69) is 5.32 Å². The minimum absolute atomic E-state index is 0.333. The molecule has 22 heavy (non-hydrogen) atoms. The number of carbonyl (C=O) groups is 1. The summed E-state index contributed by atoms with van der Waals surface area (Å²) >= 11 is 6.05. The lowest BCUT2D eigenvalue weighted by Crippen LogP contribution is -2.15. The van der Waals surface area contributed by atoms with Crippen LogP contribution in [0.25, 0.3) is 0 Å². The minimum atomic E-state index is -0.333. The highest BCUT2D eigenvalue weighted by atomic mass is 35.5. The molecule has 0 aliphatic carbocycles. The van der Waals surface area contributed by atoms with Crippen molar-refractivity contribution in [3.63, 3.8) is 0 Å². The summed E-state index contributed by atoms with van der Waals surface area (Å²) in [7, 11) is 3.05. The van der Waals surface area contributed by atoms with Gasteiger partial charge < -0.3 is 20.5 Å². The summed E-state index contributed by atoms with van der Waals surface area (Å²) in [5.74, 6) is 0.741. The van der Waals surface area contributed by atoms with Crippen LogP contribution in [0.15, 0.2) is 30.3 Å². The van der Waals surface area contributed by atoms with Crippen LogP contribution in [0, 0.1) is 6.92 Å². The Morgan fingerprint density at radius 2 is 1.91 bits per heavy atom. The van der Waals surface area contributed by atoms with E-state index in [0.717, 1.165) is 5.56 Å². The molecule has 0 aromatic heterocycles. The van der Waals surface area contributed by atoms with Crippen molar-refractivity contribution in [3.8, 4) is 11.5 Å². The molecule has 0 heterocycles. The second-order valence-corrected chi connectivity index (χ2v) is 5.12. The van der Waals surface area contributed by atoms with Gasteiger partial charge in [0.05, 0.1) is 25.5 Å². The summed E-state index contributed by atoms with van der Waals surface area (Å²) in [6, 6.07) is 8.29. The molecule has 116 valence electrons. The minimum Gasteiger partial charge on any atom is -0.497 e. The molecular formula is C16H17ClN2O3. The van der Waals surface area contributed by atoms with E-state index in [4.69, 9.17) is 26.8 Å². The van der Waals surface area contributed by atoms with Gasteiger partial charge in [0.25, 0.3) is 5.91 Å². The molecule has 0 spiro atoms. The van der Waals surface area contributed by atoms with E-state index in [1.165, 1.54) is 14.2 Å². The third-order valence-electron chi connectivity index (χ3n) is 3.23. The van der Waals surface area contributed by atoms with E-state index < -0.39 is 0 Å². The van der Waals surface area contributed by atoms with Crippen molar-refractivity contribution in [1.29, 1.82) is 0 Å². The van der Waals surface area contributed by atoms with Gasteiger partial charge in [-0.15, -0.1) is 0 Å². The van der Waals surface area contributed by atoms with Crippen LogP contribution in [-0.4, -0.2) is 20.1 Å². The van der Waals surface area contributed by atoms with Crippen molar-refractivity contribution in [2.75, 3.05) is 25.3 Å². The van der Waals surface area contributed by atoms with Gasteiger partial charge in [0.1, 0.15) is 11.5 Å². The molecule has 0 saturated heterocycles. The SMILES string of the molecule is COc1ccc(C(=O)Nc2cc(C)c(Cl)cc2OC)c(N)c1. The van der Waals surface area contributed by atoms with Crippen LogP contribution >= 0.6 is 11.6 Å². The third kappa shape index (κ3) is 3.26. The molecule has 0 saturated carbocycles. The number of nitrogen functional groups attached to an aromatic ring is 1. The van der Waals surface area contributed by atoms with Gasteiger partial charge in [-0.2, -0.15) is 0 Å². The first kappa shape index (κ1) is 16.0. The van der Waals surface area contributed by atoms with Crippen molar-refractivity contribution in [2.24, 2.45) is 0 Å². The fraction of sp³-hybridized carbons (Fsp3) is 0.188.